The van der Waals surface area contributed by atoms with Gasteiger partial charge in [0.2, 0.25) is 5.91 Å². The summed E-state index contributed by atoms with van der Waals surface area (Å²) in [5, 5.41) is 23.9. The van der Waals surface area contributed by atoms with Crippen molar-refractivity contribution in [2.24, 2.45) is 5.41 Å². The number of nitrogens with zero attached hydrogens (tertiary/aromatic N) is 1. The van der Waals surface area contributed by atoms with Crippen LogP contribution in [-0.2, 0) is 22.4 Å². The average Bonchev–Trinajstić information content (AvgIpc) is 3.38. The van der Waals surface area contributed by atoms with Gasteiger partial charge in [0.15, 0.2) is 17.3 Å². The zero-order valence-electron chi connectivity index (χ0n) is 31.0. The zero-order chi connectivity index (χ0) is 36.6. The van der Waals surface area contributed by atoms with Gasteiger partial charge in [-0.05, 0) is 99.1 Å². The minimum absolute atomic E-state index is 0.0612. The zero-order valence-corrected chi connectivity index (χ0v) is 31.0. The van der Waals surface area contributed by atoms with Crippen LogP contribution >= 0.6 is 0 Å². The van der Waals surface area contributed by atoms with E-state index in [1.54, 1.807) is 32.3 Å². The smallest absolute Gasteiger partial charge is 0.227 e. The molecular formula is C43H55NO7. The second kappa shape index (κ2) is 17.0. The number of methoxy groups -OCH3 is 3. The van der Waals surface area contributed by atoms with E-state index >= 15 is 0 Å². The van der Waals surface area contributed by atoms with Crippen molar-refractivity contribution in [1.29, 1.82) is 0 Å². The third-order valence-electron chi connectivity index (χ3n) is 11.3. The van der Waals surface area contributed by atoms with Gasteiger partial charge in [-0.1, -0.05) is 67.1 Å². The van der Waals surface area contributed by atoms with Crippen LogP contribution in [-0.4, -0.2) is 79.5 Å². The number of aliphatic hydroxyl groups excluding tert-OH is 1. The first-order valence-corrected chi connectivity index (χ1v) is 18.3. The molecule has 2 N–H and O–H groups in total. The van der Waals surface area contributed by atoms with E-state index in [0.717, 1.165) is 29.5 Å². The molecule has 2 bridgehead atoms. The van der Waals surface area contributed by atoms with Crippen molar-refractivity contribution in [3.63, 3.8) is 0 Å². The molecule has 51 heavy (non-hydrogen) atoms. The van der Waals surface area contributed by atoms with Gasteiger partial charge in [0.25, 0.3) is 0 Å². The highest BCUT2D eigenvalue weighted by Gasteiger charge is 2.57. The molecule has 0 saturated heterocycles. The van der Waals surface area contributed by atoms with Crippen molar-refractivity contribution in [2.45, 2.75) is 89.3 Å². The minimum atomic E-state index is -1.22. The number of hydrogen-bond acceptors (Lipinski definition) is 7. The van der Waals surface area contributed by atoms with Crippen LogP contribution < -0.4 is 9.47 Å². The molecule has 6 rings (SSSR count). The van der Waals surface area contributed by atoms with Gasteiger partial charge in [-0.15, -0.1) is 0 Å². The third kappa shape index (κ3) is 8.74. The summed E-state index contributed by atoms with van der Waals surface area (Å²) in [6.45, 7) is 5.37. The van der Waals surface area contributed by atoms with Crippen molar-refractivity contribution < 1.29 is 34.0 Å². The van der Waals surface area contributed by atoms with Gasteiger partial charge in [-0.3, -0.25) is 9.59 Å². The number of carbonyl (C=O) groups is 2. The highest BCUT2D eigenvalue weighted by Crippen LogP contribution is 2.59. The Morgan fingerprint density at radius 3 is 2.43 bits per heavy atom. The van der Waals surface area contributed by atoms with Crippen molar-refractivity contribution in [3.8, 4) is 11.5 Å². The number of aliphatic hydroxyl groups is 2. The fourth-order valence-corrected chi connectivity index (χ4v) is 8.23. The molecule has 3 aliphatic rings. The topological polar surface area (TPSA) is 106 Å². The van der Waals surface area contributed by atoms with Crippen LogP contribution in [0.3, 0.4) is 0 Å². The van der Waals surface area contributed by atoms with E-state index in [9.17, 15) is 19.8 Å². The molecule has 4 unspecified atom stereocenters. The van der Waals surface area contributed by atoms with E-state index in [2.05, 4.69) is 26.0 Å². The molecule has 4 atom stereocenters. The third-order valence-corrected chi connectivity index (χ3v) is 11.3. The second-order valence-corrected chi connectivity index (χ2v) is 14.7. The normalized spacial score (nSPS) is 23.5. The summed E-state index contributed by atoms with van der Waals surface area (Å²) in [6.07, 6.45) is 6.94. The lowest BCUT2D eigenvalue weighted by Crippen LogP contribution is -2.54. The standard InChI is InChI=1S/C43H55NO7/c1-30-11-9-21-42(2)37(35-18-15-31(25-34(45)17-14-30)26-36(35)41(47)33-12-7-6-8-13-33)20-22-43(42,48)29-44(23-10-24-49-3)40(46)28-32-16-19-38(50-4)39(27-32)51-5/h6-8,11-13,15-16,18-19,26-27,34,37,45,48H,9-10,14,17,20-25,28-29H2,1-5H3. The molecule has 0 aromatic heterocycles. The Labute approximate surface area is 303 Å². The van der Waals surface area contributed by atoms with Gasteiger partial charge in [0.1, 0.15) is 0 Å². The molecule has 0 spiro atoms. The molecule has 0 aliphatic heterocycles. The molecule has 0 radical (unpaired) electrons. The summed E-state index contributed by atoms with van der Waals surface area (Å²) in [4.78, 5) is 30.2. The molecule has 8 heteroatoms. The maximum absolute atomic E-state index is 14.2. The predicted molar refractivity (Wildman–Crippen MR) is 200 cm³/mol. The SMILES string of the molecule is COCCCN(CC1(O)CCC2c3ccc(cc3C(=O)c3ccccc3)CC(O)CCC(C)=CCCC21C)C(=O)Cc1ccc(OC)c(OC)c1. The van der Waals surface area contributed by atoms with Crippen LogP contribution in [0.25, 0.3) is 0 Å². The van der Waals surface area contributed by atoms with Gasteiger partial charge in [0.05, 0.1) is 32.3 Å². The van der Waals surface area contributed by atoms with Crippen LogP contribution in [0.4, 0.5) is 0 Å². The van der Waals surface area contributed by atoms with Crippen LogP contribution in [0, 0.1) is 5.41 Å². The van der Waals surface area contributed by atoms with E-state index in [-0.39, 0.29) is 30.6 Å². The molecular weight excluding hydrogens is 642 g/mol. The Morgan fingerprint density at radius 1 is 0.941 bits per heavy atom. The maximum Gasteiger partial charge on any atom is 0.227 e. The average molecular weight is 698 g/mol. The Kier molecular flexibility index (Phi) is 12.8. The van der Waals surface area contributed by atoms with Crippen molar-refractivity contribution in [2.75, 3.05) is 41.0 Å². The fraction of sp³-hybridized carbons (Fsp3) is 0.488. The summed E-state index contributed by atoms with van der Waals surface area (Å²) in [5.41, 5.74) is 3.19. The monoisotopic (exact) mass is 697 g/mol. The molecule has 0 heterocycles. The van der Waals surface area contributed by atoms with E-state index in [1.807, 2.05) is 54.6 Å². The number of benzene rings is 3. The van der Waals surface area contributed by atoms with Crippen LogP contribution in [0.15, 0.2) is 78.4 Å². The van der Waals surface area contributed by atoms with Gasteiger partial charge in [-0.25, -0.2) is 0 Å². The molecule has 8 nitrogen and oxygen atoms in total. The van der Waals surface area contributed by atoms with Crippen molar-refractivity contribution >= 4 is 11.7 Å². The first-order chi connectivity index (χ1) is 24.5. The molecule has 274 valence electrons. The number of ketones is 1. The highest BCUT2D eigenvalue weighted by atomic mass is 16.5. The van der Waals surface area contributed by atoms with Crippen molar-refractivity contribution in [3.05, 3.63) is 106 Å². The van der Waals surface area contributed by atoms with E-state index in [1.165, 1.54) is 5.57 Å². The lowest BCUT2D eigenvalue weighted by atomic mass is 9.64. The minimum Gasteiger partial charge on any atom is -0.493 e. The Hall–Kier alpha value is -3.98. The lowest BCUT2D eigenvalue weighted by molar-refractivity contribution is -0.139. The van der Waals surface area contributed by atoms with E-state index in [0.29, 0.717) is 74.3 Å². The van der Waals surface area contributed by atoms with Gasteiger partial charge >= 0.3 is 0 Å². The fourth-order valence-electron chi connectivity index (χ4n) is 8.23. The summed E-state index contributed by atoms with van der Waals surface area (Å²) >= 11 is 0. The Balaban J connectivity index is 1.54. The number of rotatable bonds is 12. The molecule has 3 aromatic carbocycles. The number of ether oxygens (including phenoxy) is 3. The van der Waals surface area contributed by atoms with E-state index in [4.69, 9.17) is 14.2 Å². The summed E-state index contributed by atoms with van der Waals surface area (Å²) < 4.78 is 16.3. The number of fused-ring (bicyclic) bond motifs is 8. The van der Waals surface area contributed by atoms with Gasteiger partial charge < -0.3 is 29.3 Å². The van der Waals surface area contributed by atoms with Crippen LogP contribution in [0.5, 0.6) is 11.5 Å². The highest BCUT2D eigenvalue weighted by molar-refractivity contribution is 6.10. The number of carbonyl (C=O) groups excluding carboxylic acids is 2. The molecule has 3 aliphatic carbocycles. The summed E-state index contributed by atoms with van der Waals surface area (Å²) in [5.74, 6) is 0.870. The number of hydrogen-bond donors (Lipinski definition) is 2. The van der Waals surface area contributed by atoms with E-state index < -0.39 is 17.1 Å². The first-order valence-electron chi connectivity index (χ1n) is 18.3. The van der Waals surface area contributed by atoms with Crippen LogP contribution in [0.1, 0.15) is 97.3 Å². The first kappa shape index (κ1) is 38.3. The number of allylic oxidation sites excluding steroid dienone is 2. The quantitative estimate of drug-likeness (QED) is 0.118. The number of amides is 1. The molecule has 1 fully saturated rings. The molecule has 3 aromatic rings. The predicted octanol–water partition coefficient (Wildman–Crippen LogP) is 7.08. The molecule has 1 saturated carbocycles. The summed E-state index contributed by atoms with van der Waals surface area (Å²) in [6, 6.07) is 20.9. The largest absolute Gasteiger partial charge is 0.493 e. The molecule has 1 amide bonds. The summed E-state index contributed by atoms with van der Waals surface area (Å²) in [7, 11) is 4.81. The maximum atomic E-state index is 14.2. The Morgan fingerprint density at radius 2 is 1.71 bits per heavy atom. The Bertz CT molecular complexity index is 1690. The van der Waals surface area contributed by atoms with Crippen LogP contribution in [0.2, 0.25) is 0 Å². The lowest BCUT2D eigenvalue weighted by Gasteiger charge is -2.46. The van der Waals surface area contributed by atoms with Gasteiger partial charge in [0, 0.05) is 43.3 Å². The van der Waals surface area contributed by atoms with Crippen molar-refractivity contribution in [1.82, 2.24) is 4.90 Å². The van der Waals surface area contributed by atoms with Gasteiger partial charge in [-0.2, -0.15) is 0 Å². The second-order valence-electron chi connectivity index (χ2n) is 14.7.